The molecule has 6 rings (SSSR count). The summed E-state index contributed by atoms with van der Waals surface area (Å²) in [4.78, 5) is 22.0. The number of hydrogen-bond acceptors (Lipinski definition) is 7. The van der Waals surface area contributed by atoms with Gasteiger partial charge in [-0.05, 0) is 17.7 Å². The number of para-hydroxylation sites is 1. The average Bonchev–Trinajstić information content (AvgIpc) is 3.49. The predicted molar refractivity (Wildman–Crippen MR) is 124 cm³/mol. The van der Waals surface area contributed by atoms with Crippen LogP contribution >= 0.6 is 0 Å². The Bertz CT molecular complexity index is 1670. The molecule has 9 nitrogen and oxygen atoms in total. The van der Waals surface area contributed by atoms with E-state index in [1.54, 1.807) is 29.2 Å². The van der Waals surface area contributed by atoms with Crippen LogP contribution < -0.4 is 11.2 Å². The highest BCUT2D eigenvalue weighted by Gasteiger charge is 2.21. The lowest BCUT2D eigenvalue weighted by Crippen LogP contribution is -2.12. The van der Waals surface area contributed by atoms with Gasteiger partial charge in [0.2, 0.25) is 5.43 Å². The van der Waals surface area contributed by atoms with Gasteiger partial charge in [0.15, 0.2) is 5.65 Å². The smallest absolute Gasteiger partial charge is 0.200 e. The summed E-state index contributed by atoms with van der Waals surface area (Å²) in [5.41, 5.74) is 9.74. The normalized spacial score (nSPS) is 11.4. The maximum absolute atomic E-state index is 13.5. The van der Waals surface area contributed by atoms with Crippen LogP contribution in [0.5, 0.6) is 0 Å². The number of aromatic nitrogens is 6. The fourth-order valence-electron chi connectivity index (χ4n) is 4.06. The van der Waals surface area contributed by atoms with Crippen molar-refractivity contribution in [3.63, 3.8) is 0 Å². The SMILES string of the molecule is Nc1ncnc2c1c(-c1cn[nH]c1)nn2Cc1oc2ccccc2c(=O)c1-c1ccccc1. The first-order valence-corrected chi connectivity index (χ1v) is 10.3. The predicted octanol–water partition coefficient (Wildman–Crippen LogP) is 3.62. The van der Waals surface area contributed by atoms with E-state index in [1.165, 1.54) is 6.33 Å². The molecule has 6 aromatic rings. The van der Waals surface area contributed by atoms with Gasteiger partial charge < -0.3 is 10.2 Å². The van der Waals surface area contributed by atoms with E-state index in [1.807, 2.05) is 42.5 Å². The summed E-state index contributed by atoms with van der Waals surface area (Å²) in [5, 5.41) is 12.7. The van der Waals surface area contributed by atoms with Crippen molar-refractivity contribution in [3.05, 3.63) is 89.3 Å². The van der Waals surface area contributed by atoms with Gasteiger partial charge in [-0.3, -0.25) is 9.89 Å². The molecule has 3 N–H and O–H groups in total. The molecule has 0 aliphatic carbocycles. The summed E-state index contributed by atoms with van der Waals surface area (Å²) in [6.07, 6.45) is 4.78. The standard InChI is InChI=1S/C24H17N7O2/c25-23-20-21(15-10-28-29-11-15)30-31(24(20)27-13-26-23)12-18-19(14-6-2-1-3-7-14)22(32)16-8-4-5-9-17(16)33-18/h1-11,13H,12H2,(H,28,29)(H2,25,26,27). The van der Waals surface area contributed by atoms with E-state index in [2.05, 4.69) is 20.2 Å². The first-order chi connectivity index (χ1) is 16.2. The number of H-pyrrole nitrogens is 1. The second-order valence-corrected chi connectivity index (χ2v) is 7.54. The number of nitrogen functional groups attached to an aromatic ring is 1. The first-order valence-electron chi connectivity index (χ1n) is 10.3. The molecule has 4 heterocycles. The highest BCUT2D eigenvalue weighted by atomic mass is 16.3. The van der Waals surface area contributed by atoms with E-state index in [0.717, 1.165) is 11.1 Å². The minimum atomic E-state index is -0.0984. The van der Waals surface area contributed by atoms with Crippen LogP contribution in [-0.4, -0.2) is 29.9 Å². The molecule has 0 amide bonds. The van der Waals surface area contributed by atoms with Crippen LogP contribution in [-0.2, 0) is 6.54 Å². The lowest BCUT2D eigenvalue weighted by atomic mass is 10.0. The molecule has 2 aromatic carbocycles. The van der Waals surface area contributed by atoms with Crippen molar-refractivity contribution in [2.75, 3.05) is 5.73 Å². The number of benzene rings is 2. The zero-order chi connectivity index (χ0) is 22.4. The van der Waals surface area contributed by atoms with Crippen LogP contribution in [0.25, 0.3) is 44.4 Å². The fraction of sp³-hybridized carbons (Fsp3) is 0.0417. The minimum absolute atomic E-state index is 0.0984. The van der Waals surface area contributed by atoms with Crippen molar-refractivity contribution >= 4 is 27.8 Å². The monoisotopic (exact) mass is 435 g/mol. The molecule has 0 aliphatic heterocycles. The van der Waals surface area contributed by atoms with Gasteiger partial charge in [0.05, 0.1) is 22.5 Å². The number of hydrogen-bond donors (Lipinski definition) is 2. The molecule has 160 valence electrons. The molecule has 0 spiro atoms. The highest BCUT2D eigenvalue weighted by Crippen LogP contribution is 2.31. The molecule has 0 saturated carbocycles. The van der Waals surface area contributed by atoms with Crippen molar-refractivity contribution in [1.29, 1.82) is 0 Å². The van der Waals surface area contributed by atoms with Gasteiger partial charge in [0.25, 0.3) is 0 Å². The number of nitrogens with zero attached hydrogens (tertiary/aromatic N) is 5. The fourth-order valence-corrected chi connectivity index (χ4v) is 4.06. The van der Waals surface area contributed by atoms with Crippen molar-refractivity contribution in [3.8, 4) is 22.4 Å². The zero-order valence-corrected chi connectivity index (χ0v) is 17.3. The Hall–Kier alpha value is -4.79. The quantitative estimate of drug-likeness (QED) is 0.433. The van der Waals surface area contributed by atoms with Crippen LogP contribution in [0.4, 0.5) is 5.82 Å². The molecular weight excluding hydrogens is 418 g/mol. The minimum Gasteiger partial charge on any atom is -0.458 e. The van der Waals surface area contributed by atoms with Crippen LogP contribution in [0.3, 0.4) is 0 Å². The van der Waals surface area contributed by atoms with Gasteiger partial charge in [0.1, 0.15) is 35.7 Å². The number of anilines is 1. The second kappa shape index (κ2) is 7.41. The van der Waals surface area contributed by atoms with Gasteiger partial charge in [0, 0.05) is 11.8 Å². The molecule has 0 aliphatic rings. The van der Waals surface area contributed by atoms with Gasteiger partial charge in [-0.25, -0.2) is 14.6 Å². The van der Waals surface area contributed by atoms with Gasteiger partial charge in [-0.15, -0.1) is 0 Å². The van der Waals surface area contributed by atoms with Gasteiger partial charge in [-0.1, -0.05) is 42.5 Å². The second-order valence-electron chi connectivity index (χ2n) is 7.54. The van der Waals surface area contributed by atoms with E-state index >= 15 is 0 Å². The van der Waals surface area contributed by atoms with Crippen LogP contribution in [0.15, 0.2) is 82.5 Å². The third-order valence-electron chi connectivity index (χ3n) is 5.56. The first kappa shape index (κ1) is 18.9. The lowest BCUT2D eigenvalue weighted by Gasteiger charge is -2.11. The van der Waals surface area contributed by atoms with E-state index < -0.39 is 0 Å². The Balaban J connectivity index is 1.61. The Morgan fingerprint density at radius 2 is 1.82 bits per heavy atom. The maximum Gasteiger partial charge on any atom is 0.200 e. The number of aromatic amines is 1. The largest absolute Gasteiger partial charge is 0.458 e. The van der Waals surface area contributed by atoms with Crippen molar-refractivity contribution in [2.45, 2.75) is 6.54 Å². The summed E-state index contributed by atoms with van der Waals surface area (Å²) in [5.74, 6) is 0.788. The Labute approximate surface area is 186 Å². The maximum atomic E-state index is 13.5. The average molecular weight is 435 g/mol. The van der Waals surface area contributed by atoms with Crippen LogP contribution in [0, 0.1) is 0 Å². The summed E-state index contributed by atoms with van der Waals surface area (Å²) in [6, 6.07) is 16.7. The van der Waals surface area contributed by atoms with E-state index in [4.69, 9.17) is 15.2 Å². The topological polar surface area (TPSA) is 129 Å². The Morgan fingerprint density at radius 1 is 1.00 bits per heavy atom. The summed E-state index contributed by atoms with van der Waals surface area (Å²) in [6.45, 7) is 0.176. The molecule has 0 fully saturated rings. The molecule has 0 saturated heterocycles. The molecule has 0 radical (unpaired) electrons. The van der Waals surface area contributed by atoms with Crippen molar-refractivity contribution < 1.29 is 4.42 Å². The lowest BCUT2D eigenvalue weighted by molar-refractivity contribution is 0.506. The molecular formula is C24H17N7O2. The summed E-state index contributed by atoms with van der Waals surface area (Å²) in [7, 11) is 0. The number of fused-ring (bicyclic) bond motifs is 2. The third-order valence-corrected chi connectivity index (χ3v) is 5.56. The zero-order valence-electron chi connectivity index (χ0n) is 17.3. The number of rotatable bonds is 4. The van der Waals surface area contributed by atoms with Gasteiger partial charge in [-0.2, -0.15) is 10.2 Å². The summed E-state index contributed by atoms with van der Waals surface area (Å²) < 4.78 is 7.93. The summed E-state index contributed by atoms with van der Waals surface area (Å²) >= 11 is 0. The Morgan fingerprint density at radius 3 is 2.64 bits per heavy atom. The van der Waals surface area contributed by atoms with E-state index in [0.29, 0.717) is 44.8 Å². The molecule has 0 unspecified atom stereocenters. The van der Waals surface area contributed by atoms with E-state index in [-0.39, 0.29) is 12.0 Å². The number of nitrogens with one attached hydrogen (secondary N) is 1. The van der Waals surface area contributed by atoms with Crippen LogP contribution in [0.1, 0.15) is 5.76 Å². The molecule has 4 aromatic heterocycles. The van der Waals surface area contributed by atoms with Gasteiger partial charge >= 0.3 is 0 Å². The van der Waals surface area contributed by atoms with Crippen molar-refractivity contribution in [2.24, 2.45) is 0 Å². The molecule has 9 heteroatoms. The Kier molecular flexibility index (Phi) is 4.25. The molecule has 0 bridgehead atoms. The van der Waals surface area contributed by atoms with Crippen molar-refractivity contribution in [1.82, 2.24) is 29.9 Å². The molecule has 0 atom stereocenters. The number of nitrogens with two attached hydrogens (primary N) is 1. The van der Waals surface area contributed by atoms with E-state index in [9.17, 15) is 4.79 Å². The highest BCUT2D eigenvalue weighted by molar-refractivity contribution is 5.98. The third kappa shape index (κ3) is 3.06. The molecule has 33 heavy (non-hydrogen) atoms. The van der Waals surface area contributed by atoms with Crippen LogP contribution in [0.2, 0.25) is 0 Å².